The lowest BCUT2D eigenvalue weighted by Crippen LogP contribution is -2.55. The second kappa shape index (κ2) is 11.4. The average Bonchev–Trinajstić information content (AvgIpc) is 2.79. The zero-order valence-corrected chi connectivity index (χ0v) is 22.4. The number of anilines is 1. The third-order valence-electron chi connectivity index (χ3n) is 6.00. The Morgan fingerprint density at radius 2 is 1.77 bits per heavy atom. The number of hydrogen-bond acceptors (Lipinski definition) is 5. The van der Waals surface area contributed by atoms with E-state index in [1.165, 1.54) is 24.3 Å². The average molecular weight is 512 g/mol. The topological polar surface area (TPSA) is 108 Å². The van der Waals surface area contributed by atoms with Gasteiger partial charge in [-0.25, -0.2) is 4.85 Å². The molecular weight excluding hydrogens is 482 g/mol. The second-order valence-electron chi connectivity index (χ2n) is 9.62. The van der Waals surface area contributed by atoms with Gasteiger partial charge in [-0.2, -0.15) is 5.26 Å². The third kappa shape index (κ3) is 7.30. The van der Waals surface area contributed by atoms with Gasteiger partial charge in [0.2, 0.25) is 5.69 Å². The summed E-state index contributed by atoms with van der Waals surface area (Å²) in [5.41, 5.74) is 6.42. The molecule has 2 atom stereocenters. The number of nitriles is 1. The molecule has 0 bridgehead atoms. The predicted octanol–water partition coefficient (Wildman–Crippen LogP) is 5.41. The van der Waals surface area contributed by atoms with Gasteiger partial charge in [0.15, 0.2) is 8.32 Å². The molecule has 0 aliphatic rings. The summed E-state index contributed by atoms with van der Waals surface area (Å²) in [4.78, 5) is 29.0. The number of nitrogens with one attached hydrogen (secondary N) is 3. The van der Waals surface area contributed by atoms with E-state index < -0.39 is 32.3 Å². The lowest BCUT2D eigenvalue weighted by molar-refractivity contribution is -0.124. The highest BCUT2D eigenvalue weighted by atomic mass is 35.5. The van der Waals surface area contributed by atoms with Gasteiger partial charge in [-0.05, 0) is 61.5 Å². The van der Waals surface area contributed by atoms with Gasteiger partial charge in [0.1, 0.15) is 6.04 Å². The van der Waals surface area contributed by atoms with Crippen molar-refractivity contribution in [3.05, 3.63) is 70.0 Å². The fraction of sp³-hybridized carbons (Fsp3) is 0.360. The van der Waals surface area contributed by atoms with E-state index in [9.17, 15) is 9.59 Å². The Bertz CT molecular complexity index is 1160. The predicted molar refractivity (Wildman–Crippen MR) is 140 cm³/mol. The maximum absolute atomic E-state index is 13.2. The monoisotopic (exact) mass is 511 g/mol. The summed E-state index contributed by atoms with van der Waals surface area (Å²) in [6, 6.07) is 12.0. The van der Waals surface area contributed by atoms with E-state index in [-0.39, 0.29) is 10.1 Å². The number of carbonyl (C=O) groups is 2. The minimum absolute atomic E-state index is 0.0767. The van der Waals surface area contributed by atoms with Crippen LogP contribution in [0, 0.1) is 17.9 Å². The molecule has 0 radical (unpaired) electrons. The van der Waals surface area contributed by atoms with Crippen LogP contribution in [0.1, 0.15) is 43.6 Å². The van der Waals surface area contributed by atoms with Crippen LogP contribution in [0.25, 0.3) is 4.85 Å². The van der Waals surface area contributed by atoms with Crippen LogP contribution >= 0.6 is 11.6 Å². The summed E-state index contributed by atoms with van der Waals surface area (Å²) in [5.74, 6) is -1.03. The summed E-state index contributed by atoms with van der Waals surface area (Å²) in [6.45, 7) is 19.5. The number of nitrogens with zero attached hydrogens (tertiary/aromatic N) is 2. The molecule has 3 N–H and O–H groups in total. The van der Waals surface area contributed by atoms with Crippen LogP contribution in [0.15, 0.2) is 42.5 Å². The first-order valence-corrected chi connectivity index (χ1v) is 14.3. The number of hydrazine groups is 1. The number of halogens is 1. The summed E-state index contributed by atoms with van der Waals surface area (Å²) in [6.07, 6.45) is -0.554. The summed E-state index contributed by atoms with van der Waals surface area (Å²) in [7, 11) is -2.23. The SMILES string of the molecule is [C-]#[N+]c1ccc(N[C@@H](C(=O)NNC(=O)c2ccc(C#N)cc2)[C@@H](C)O[Si](C)(C)C(C)(C)C)cc1Cl. The molecular formula is C25H30ClN5O3Si. The Balaban J connectivity index is 2.23. The molecule has 35 heavy (non-hydrogen) atoms. The summed E-state index contributed by atoms with van der Waals surface area (Å²) >= 11 is 6.17. The first-order valence-electron chi connectivity index (χ1n) is 11.0. The number of hydrogen-bond donors (Lipinski definition) is 3. The molecule has 0 heterocycles. The molecule has 2 aromatic rings. The van der Waals surface area contributed by atoms with Crippen molar-refractivity contribution in [3.63, 3.8) is 0 Å². The Morgan fingerprint density at radius 3 is 2.29 bits per heavy atom. The molecule has 0 saturated heterocycles. The quantitative estimate of drug-likeness (QED) is 0.261. The van der Waals surface area contributed by atoms with Crippen LogP contribution < -0.4 is 16.2 Å². The van der Waals surface area contributed by atoms with Crippen LogP contribution in [0.5, 0.6) is 0 Å². The highest BCUT2D eigenvalue weighted by Crippen LogP contribution is 2.38. The lowest BCUT2D eigenvalue weighted by Gasteiger charge is -2.40. The van der Waals surface area contributed by atoms with Crippen molar-refractivity contribution >= 4 is 43.1 Å². The molecule has 184 valence electrons. The van der Waals surface area contributed by atoms with Crippen molar-refractivity contribution in [3.8, 4) is 6.07 Å². The number of carbonyl (C=O) groups excluding carboxylic acids is 2. The van der Waals surface area contributed by atoms with E-state index in [4.69, 9.17) is 27.9 Å². The van der Waals surface area contributed by atoms with Crippen molar-refractivity contribution in [2.75, 3.05) is 5.32 Å². The van der Waals surface area contributed by atoms with Crippen molar-refractivity contribution in [2.24, 2.45) is 0 Å². The first-order chi connectivity index (χ1) is 16.3. The zero-order valence-electron chi connectivity index (χ0n) is 20.7. The van der Waals surface area contributed by atoms with Crippen molar-refractivity contribution < 1.29 is 14.0 Å². The van der Waals surface area contributed by atoms with Gasteiger partial charge in [0, 0.05) is 16.3 Å². The molecule has 2 amide bonds. The summed E-state index contributed by atoms with van der Waals surface area (Å²) < 4.78 is 6.44. The Kier molecular flexibility index (Phi) is 9.05. The molecule has 2 rings (SSSR count). The number of amides is 2. The summed E-state index contributed by atoms with van der Waals surface area (Å²) in [5, 5.41) is 12.2. The van der Waals surface area contributed by atoms with Gasteiger partial charge < -0.3 is 9.74 Å². The van der Waals surface area contributed by atoms with Crippen LogP contribution in [-0.2, 0) is 9.22 Å². The van der Waals surface area contributed by atoms with Crippen molar-refractivity contribution in [2.45, 2.75) is 58.0 Å². The fourth-order valence-electron chi connectivity index (χ4n) is 2.94. The molecule has 0 aliphatic carbocycles. The number of benzene rings is 2. The normalized spacial score (nSPS) is 13.1. The maximum Gasteiger partial charge on any atom is 0.269 e. The molecule has 8 nitrogen and oxygen atoms in total. The second-order valence-corrected chi connectivity index (χ2v) is 14.8. The van der Waals surface area contributed by atoms with Gasteiger partial charge >= 0.3 is 0 Å². The van der Waals surface area contributed by atoms with E-state index in [2.05, 4.69) is 54.9 Å². The molecule has 10 heteroatoms. The van der Waals surface area contributed by atoms with E-state index >= 15 is 0 Å². The zero-order chi connectivity index (χ0) is 26.4. The van der Waals surface area contributed by atoms with Crippen LogP contribution in [-0.4, -0.2) is 32.3 Å². The molecule has 0 aromatic heterocycles. The maximum atomic E-state index is 13.2. The Hall–Kier alpha value is -3.37. The minimum atomic E-state index is -2.23. The molecule has 0 fully saturated rings. The van der Waals surface area contributed by atoms with Gasteiger partial charge in [0.25, 0.3) is 11.8 Å². The highest BCUT2D eigenvalue weighted by molar-refractivity contribution is 6.74. The van der Waals surface area contributed by atoms with E-state index in [0.717, 1.165) is 0 Å². The Morgan fingerprint density at radius 1 is 1.14 bits per heavy atom. The fourth-order valence-corrected chi connectivity index (χ4v) is 4.58. The van der Waals surface area contributed by atoms with Crippen LogP contribution in [0.4, 0.5) is 11.4 Å². The molecule has 0 aliphatic heterocycles. The van der Waals surface area contributed by atoms with Crippen molar-refractivity contribution in [1.29, 1.82) is 5.26 Å². The Labute approximate surface area is 212 Å². The first kappa shape index (κ1) is 27.9. The molecule has 0 spiro atoms. The lowest BCUT2D eigenvalue weighted by atomic mass is 10.1. The molecule has 0 unspecified atom stereocenters. The van der Waals surface area contributed by atoms with Crippen molar-refractivity contribution in [1.82, 2.24) is 10.9 Å². The van der Waals surface area contributed by atoms with Gasteiger partial charge in [0.05, 0.1) is 24.3 Å². The van der Waals surface area contributed by atoms with Crippen LogP contribution in [0.2, 0.25) is 23.2 Å². The van der Waals surface area contributed by atoms with Gasteiger partial charge in [-0.3, -0.25) is 20.4 Å². The minimum Gasteiger partial charge on any atom is -0.412 e. The van der Waals surface area contributed by atoms with Gasteiger partial charge in [-0.1, -0.05) is 38.4 Å². The number of rotatable bonds is 7. The molecule has 0 saturated carbocycles. The smallest absolute Gasteiger partial charge is 0.269 e. The highest BCUT2D eigenvalue weighted by Gasteiger charge is 2.41. The van der Waals surface area contributed by atoms with E-state index in [0.29, 0.717) is 22.5 Å². The third-order valence-corrected chi connectivity index (χ3v) is 10.9. The molecule has 2 aromatic carbocycles. The van der Waals surface area contributed by atoms with Crippen LogP contribution in [0.3, 0.4) is 0 Å². The van der Waals surface area contributed by atoms with E-state index in [1.807, 2.05) is 6.07 Å². The standard InChI is InChI=1S/C25H30ClN5O3Si/c1-16(34-35(6,7)25(2,3)4)22(29-19-12-13-21(28-5)20(26)14-19)24(33)31-30-23(32)18-10-8-17(15-27)9-11-18/h8-14,16,22,29H,1-4,6-7H3,(H,30,32)(H,31,33)/t16-,22-/m1/s1. The van der Waals surface area contributed by atoms with E-state index in [1.54, 1.807) is 25.1 Å². The van der Waals surface area contributed by atoms with Gasteiger partial charge in [-0.15, -0.1) is 0 Å². The largest absolute Gasteiger partial charge is 0.412 e.